The lowest BCUT2D eigenvalue weighted by molar-refractivity contribution is -0.143. The molecule has 4 saturated heterocycles. The van der Waals surface area contributed by atoms with Crippen molar-refractivity contribution in [1.82, 2.24) is 49.6 Å². The van der Waals surface area contributed by atoms with E-state index in [2.05, 4.69) is 55.5 Å². The number of aryl methyl sites for hydroxylation is 1. The summed E-state index contributed by atoms with van der Waals surface area (Å²) >= 11 is 0. The molecule has 10 rings (SSSR count). The minimum atomic E-state index is -0.980. The zero-order valence-electron chi connectivity index (χ0n) is 42.8. The maximum Gasteiger partial charge on any atom is 0.343 e. The average molecular weight is 1020 g/mol. The molecule has 2 aliphatic carbocycles. The first-order valence-corrected chi connectivity index (χ1v) is 27.1. The van der Waals surface area contributed by atoms with Gasteiger partial charge in [0.05, 0.1) is 29.6 Å². The smallest absolute Gasteiger partial charge is 0.343 e. The third-order valence-corrected chi connectivity index (χ3v) is 16.8. The summed E-state index contributed by atoms with van der Waals surface area (Å²) in [6.07, 6.45) is 15.3. The molecule has 5 aliphatic heterocycles. The number of hydrogen-bond acceptors (Lipinski definition) is 16. The number of esters is 1. The van der Waals surface area contributed by atoms with Crippen LogP contribution in [0.15, 0.2) is 36.8 Å². The first-order chi connectivity index (χ1) is 35.9. The van der Waals surface area contributed by atoms with Crippen molar-refractivity contribution in [2.75, 3.05) is 94.1 Å². The van der Waals surface area contributed by atoms with Gasteiger partial charge < -0.3 is 30.1 Å². The Labute approximate surface area is 432 Å². The predicted octanol–water partition coefficient (Wildman–Crippen LogP) is 3.66. The number of aromatic nitrogens is 4. The van der Waals surface area contributed by atoms with Crippen LogP contribution in [-0.4, -0.2) is 182 Å². The topological polar surface area (TPSA) is 228 Å². The van der Waals surface area contributed by atoms with Gasteiger partial charge in [-0.3, -0.25) is 53.5 Å². The third-order valence-electron chi connectivity index (χ3n) is 16.8. The average Bonchev–Trinajstić information content (AvgIpc) is 3.95. The van der Waals surface area contributed by atoms with E-state index in [9.17, 15) is 33.6 Å². The summed E-state index contributed by atoms with van der Waals surface area (Å²) in [4.78, 5) is 113. The van der Waals surface area contributed by atoms with E-state index in [1.807, 2.05) is 19.3 Å². The molecule has 0 radical (unpaired) electrons. The number of nitrogens with one attached hydrogen (secondary N) is 3. The van der Waals surface area contributed by atoms with Crippen LogP contribution in [0.3, 0.4) is 0 Å². The Morgan fingerprint density at radius 2 is 1.43 bits per heavy atom. The summed E-state index contributed by atoms with van der Waals surface area (Å²) in [5.74, 6) is -0.546. The molecule has 3 N–H and O–H groups in total. The number of amides is 6. The van der Waals surface area contributed by atoms with Crippen LogP contribution in [0.5, 0.6) is 0 Å². The summed E-state index contributed by atoms with van der Waals surface area (Å²) in [6, 6.07) is 4.93. The number of fused-ring (bicyclic) bond motifs is 1. The molecule has 1 aromatic carbocycles. The highest BCUT2D eigenvalue weighted by Crippen LogP contribution is 2.35. The van der Waals surface area contributed by atoms with Gasteiger partial charge in [0.2, 0.25) is 29.6 Å². The lowest BCUT2D eigenvalue weighted by atomic mass is 9.80. The number of benzene rings is 1. The van der Waals surface area contributed by atoms with E-state index < -0.39 is 35.6 Å². The molecule has 2 saturated carbocycles. The van der Waals surface area contributed by atoms with Gasteiger partial charge in [0.15, 0.2) is 0 Å². The quantitative estimate of drug-likeness (QED) is 0.155. The number of carbonyl (C=O) groups excluding carboxylic acids is 7. The highest BCUT2D eigenvalue weighted by molar-refractivity contribution is 6.23. The lowest BCUT2D eigenvalue weighted by Crippen LogP contribution is -2.54. The van der Waals surface area contributed by atoms with Gasteiger partial charge >= 0.3 is 5.97 Å². The number of likely N-dealkylation sites (tertiary alicyclic amines) is 1. The van der Waals surface area contributed by atoms with Crippen molar-refractivity contribution in [3.63, 3.8) is 0 Å². The minimum absolute atomic E-state index is 0.00133. The Kier molecular flexibility index (Phi) is 15.6. The molecule has 0 bridgehead atoms. The number of anilines is 4. The van der Waals surface area contributed by atoms with Crippen molar-refractivity contribution in [3.8, 4) is 0 Å². The SMILES string of the molecule is CCOC(=O)c1cnc(Nc2cnn(C)c2)nc1NC1CCC(N2CCN(C(=O)C3CCC(C(=O)N4CCC(CCN5CCN(c6ccc7c(c6)C(=O)N(C6CCC(=O)NC6=O)C7=O)CC5)CC4)CC3)CC2)CC1. The van der Waals surface area contributed by atoms with E-state index in [-0.39, 0.29) is 49.1 Å². The molecule has 1 atom stereocenters. The van der Waals surface area contributed by atoms with E-state index in [0.29, 0.717) is 40.4 Å². The van der Waals surface area contributed by atoms with Gasteiger partial charge in [-0.05, 0) is 115 Å². The van der Waals surface area contributed by atoms with E-state index in [1.54, 1.807) is 29.9 Å². The van der Waals surface area contributed by atoms with Crippen molar-refractivity contribution < 1.29 is 38.3 Å². The van der Waals surface area contributed by atoms with Crippen LogP contribution < -0.4 is 20.9 Å². The second-order valence-corrected chi connectivity index (χ2v) is 21.3. The molecule has 6 fully saturated rings. The van der Waals surface area contributed by atoms with E-state index >= 15 is 0 Å². The first-order valence-electron chi connectivity index (χ1n) is 27.1. The minimum Gasteiger partial charge on any atom is -0.462 e. The Morgan fingerprint density at radius 3 is 2.08 bits per heavy atom. The van der Waals surface area contributed by atoms with Gasteiger partial charge in [-0.1, -0.05) is 0 Å². The van der Waals surface area contributed by atoms with Crippen LogP contribution in [0.25, 0.3) is 0 Å². The van der Waals surface area contributed by atoms with Gasteiger partial charge in [0.1, 0.15) is 17.4 Å². The molecular weight excluding hydrogens is 947 g/mol. The predicted molar refractivity (Wildman–Crippen MR) is 273 cm³/mol. The third kappa shape index (κ3) is 11.3. The number of hydrogen-bond donors (Lipinski definition) is 3. The number of carbonyl (C=O) groups is 7. The molecule has 74 heavy (non-hydrogen) atoms. The van der Waals surface area contributed by atoms with Crippen LogP contribution >= 0.6 is 0 Å². The van der Waals surface area contributed by atoms with Crippen molar-refractivity contribution in [1.29, 1.82) is 0 Å². The normalized spacial score (nSPS) is 25.5. The van der Waals surface area contributed by atoms with Gasteiger partial charge in [-0.2, -0.15) is 10.1 Å². The number of piperazine rings is 2. The molecule has 3 aromatic rings. The zero-order chi connectivity index (χ0) is 51.5. The van der Waals surface area contributed by atoms with E-state index in [4.69, 9.17) is 4.74 Å². The van der Waals surface area contributed by atoms with Crippen molar-refractivity contribution in [2.24, 2.45) is 24.8 Å². The number of nitrogens with zero attached hydrogens (tertiary/aromatic N) is 10. The molecule has 0 spiro atoms. The highest BCUT2D eigenvalue weighted by Gasteiger charge is 2.45. The van der Waals surface area contributed by atoms with Crippen molar-refractivity contribution in [2.45, 2.75) is 109 Å². The van der Waals surface area contributed by atoms with Gasteiger partial charge in [0.25, 0.3) is 11.8 Å². The molecule has 21 nitrogen and oxygen atoms in total. The summed E-state index contributed by atoms with van der Waals surface area (Å²) in [7, 11) is 1.83. The summed E-state index contributed by atoms with van der Waals surface area (Å²) in [5.41, 5.74) is 2.52. The second kappa shape index (κ2) is 22.6. The summed E-state index contributed by atoms with van der Waals surface area (Å²) in [5, 5.41) is 13.1. The largest absolute Gasteiger partial charge is 0.462 e. The summed E-state index contributed by atoms with van der Waals surface area (Å²) in [6.45, 7) is 11.2. The second-order valence-electron chi connectivity index (χ2n) is 21.3. The lowest BCUT2D eigenvalue weighted by Gasteiger charge is -2.43. The Bertz CT molecular complexity index is 2590. The Morgan fingerprint density at radius 1 is 0.757 bits per heavy atom. The monoisotopic (exact) mass is 1020 g/mol. The fraction of sp³-hybridized carbons (Fsp3) is 0.623. The number of piperidine rings is 2. The standard InChI is InChI=1S/C53H71N13O8/c1-3-74-52(73)43-32-54-53(57-38-31-55-60(2)33-38)59-46(43)56-37-8-10-39(11-9-37)62-26-28-65(29-27-62)49(70)36-6-4-35(5-7-36)48(69)64-20-17-34(18-21-64)16-19-61-22-24-63(25-23-61)40-12-13-41-42(30-40)51(72)66(50(41)71)44-14-15-45(67)58-47(44)68/h12-13,30-37,39,44H,3-11,14-29H2,1-2H3,(H,58,67,68)(H2,54,56,57,59). The molecule has 396 valence electrons. The molecule has 1 unspecified atom stereocenters. The van der Waals surface area contributed by atoms with Crippen molar-refractivity contribution >= 4 is 64.6 Å². The van der Waals surface area contributed by atoms with Crippen LogP contribution in [0.4, 0.5) is 23.1 Å². The molecule has 7 heterocycles. The maximum atomic E-state index is 13.8. The van der Waals surface area contributed by atoms with Crippen molar-refractivity contribution in [3.05, 3.63) is 53.5 Å². The first kappa shape index (κ1) is 51.0. The van der Waals surface area contributed by atoms with Gasteiger partial charge in [-0.25, -0.2) is 9.78 Å². The van der Waals surface area contributed by atoms with E-state index in [0.717, 1.165) is 159 Å². The van der Waals surface area contributed by atoms with Crippen LogP contribution in [0.2, 0.25) is 0 Å². The Hall–Kier alpha value is -6.48. The van der Waals surface area contributed by atoms with Crippen LogP contribution in [-0.2, 0) is 31.0 Å². The number of imide groups is 2. The number of ether oxygens (including phenoxy) is 1. The maximum absolute atomic E-state index is 13.8. The Balaban J connectivity index is 0.603. The van der Waals surface area contributed by atoms with Gasteiger partial charge in [0, 0.05) is 121 Å². The molecule has 2 aromatic heterocycles. The molecular formula is C53H71N13O8. The van der Waals surface area contributed by atoms with Crippen LogP contribution in [0, 0.1) is 17.8 Å². The number of rotatable bonds is 14. The van der Waals surface area contributed by atoms with Gasteiger partial charge in [-0.15, -0.1) is 0 Å². The summed E-state index contributed by atoms with van der Waals surface area (Å²) < 4.78 is 6.99. The fourth-order valence-electron chi connectivity index (χ4n) is 12.4. The van der Waals surface area contributed by atoms with E-state index in [1.165, 1.54) is 6.20 Å². The molecule has 7 aliphatic rings. The van der Waals surface area contributed by atoms with Crippen LogP contribution in [0.1, 0.15) is 121 Å². The molecule has 21 heteroatoms. The molecule has 6 amide bonds. The zero-order valence-corrected chi connectivity index (χ0v) is 42.8. The highest BCUT2D eigenvalue weighted by atomic mass is 16.5. The fourth-order valence-corrected chi connectivity index (χ4v) is 12.4.